The highest BCUT2D eigenvalue weighted by Gasteiger charge is 2.06. The lowest BCUT2D eigenvalue weighted by atomic mass is 10.1. The molecular formula is C16H17FO3. The average molecular weight is 276 g/mol. The predicted molar refractivity (Wildman–Crippen MR) is 74.4 cm³/mol. The Morgan fingerprint density at radius 1 is 1.15 bits per heavy atom. The van der Waals surface area contributed by atoms with Gasteiger partial charge in [0.2, 0.25) is 0 Å². The summed E-state index contributed by atoms with van der Waals surface area (Å²) in [6, 6.07) is 11.8. The molecule has 2 rings (SSSR count). The van der Waals surface area contributed by atoms with Crippen LogP contribution < -0.4 is 9.47 Å². The van der Waals surface area contributed by atoms with E-state index >= 15 is 0 Å². The molecule has 1 N–H and O–H groups in total. The van der Waals surface area contributed by atoms with E-state index in [0.29, 0.717) is 17.1 Å². The first-order valence-corrected chi connectivity index (χ1v) is 6.33. The van der Waals surface area contributed by atoms with E-state index in [1.807, 2.05) is 6.07 Å². The third-order valence-electron chi connectivity index (χ3n) is 3.00. The summed E-state index contributed by atoms with van der Waals surface area (Å²) in [6.07, 6.45) is -0.559. The van der Waals surface area contributed by atoms with Crippen LogP contribution in [-0.4, -0.2) is 12.2 Å². The number of ether oxygens (including phenoxy) is 2. The van der Waals surface area contributed by atoms with E-state index in [2.05, 4.69) is 0 Å². The van der Waals surface area contributed by atoms with Gasteiger partial charge in [0.1, 0.15) is 23.9 Å². The van der Waals surface area contributed by atoms with Crippen molar-refractivity contribution in [3.63, 3.8) is 0 Å². The summed E-state index contributed by atoms with van der Waals surface area (Å²) in [6.45, 7) is 1.81. The molecule has 0 aliphatic heterocycles. The van der Waals surface area contributed by atoms with Gasteiger partial charge in [0.25, 0.3) is 0 Å². The number of halogens is 1. The van der Waals surface area contributed by atoms with Gasteiger partial charge in [-0.15, -0.1) is 0 Å². The average Bonchev–Trinajstić information content (AvgIpc) is 2.46. The zero-order valence-corrected chi connectivity index (χ0v) is 11.5. The topological polar surface area (TPSA) is 38.7 Å². The molecular weight excluding hydrogens is 259 g/mol. The van der Waals surface area contributed by atoms with Crippen LogP contribution in [0.1, 0.15) is 24.2 Å². The van der Waals surface area contributed by atoms with Crippen molar-refractivity contribution in [2.75, 3.05) is 7.11 Å². The summed E-state index contributed by atoms with van der Waals surface area (Å²) in [5, 5.41) is 9.51. The van der Waals surface area contributed by atoms with Gasteiger partial charge in [-0.3, -0.25) is 0 Å². The molecule has 0 saturated heterocycles. The fourth-order valence-electron chi connectivity index (χ4n) is 1.80. The first-order valence-electron chi connectivity index (χ1n) is 6.33. The van der Waals surface area contributed by atoms with Crippen LogP contribution in [0.2, 0.25) is 0 Å². The standard InChI is InChI=1S/C16H17FO3/c1-11(18)12-4-3-5-15(8-12)20-10-13-6-7-14(19-2)9-16(13)17/h3-9,11,18H,10H2,1-2H3. The molecule has 1 atom stereocenters. The fourth-order valence-corrected chi connectivity index (χ4v) is 1.80. The Labute approximate surface area is 117 Å². The molecule has 0 aromatic heterocycles. The quantitative estimate of drug-likeness (QED) is 0.908. The van der Waals surface area contributed by atoms with Crippen molar-refractivity contribution in [3.05, 3.63) is 59.4 Å². The van der Waals surface area contributed by atoms with Crippen molar-refractivity contribution < 1.29 is 19.0 Å². The van der Waals surface area contributed by atoms with E-state index in [1.54, 1.807) is 37.3 Å². The van der Waals surface area contributed by atoms with E-state index in [-0.39, 0.29) is 12.4 Å². The van der Waals surface area contributed by atoms with Crippen LogP contribution in [-0.2, 0) is 6.61 Å². The maximum absolute atomic E-state index is 13.7. The highest BCUT2D eigenvalue weighted by Crippen LogP contribution is 2.21. The van der Waals surface area contributed by atoms with Crippen LogP contribution in [0.3, 0.4) is 0 Å². The largest absolute Gasteiger partial charge is 0.497 e. The molecule has 0 aliphatic carbocycles. The Kier molecular flexibility index (Phi) is 4.58. The van der Waals surface area contributed by atoms with Crippen LogP contribution in [0.25, 0.3) is 0 Å². The number of hydrogen-bond acceptors (Lipinski definition) is 3. The van der Waals surface area contributed by atoms with Crippen molar-refractivity contribution in [3.8, 4) is 11.5 Å². The Morgan fingerprint density at radius 3 is 2.60 bits per heavy atom. The van der Waals surface area contributed by atoms with Gasteiger partial charge in [0.05, 0.1) is 13.2 Å². The molecule has 2 aromatic carbocycles. The molecule has 3 nitrogen and oxygen atoms in total. The number of aliphatic hydroxyl groups excluding tert-OH is 1. The minimum Gasteiger partial charge on any atom is -0.497 e. The van der Waals surface area contributed by atoms with Gasteiger partial charge in [-0.25, -0.2) is 4.39 Å². The number of methoxy groups -OCH3 is 1. The van der Waals surface area contributed by atoms with Gasteiger partial charge in [0.15, 0.2) is 0 Å². The second-order valence-electron chi connectivity index (χ2n) is 4.49. The summed E-state index contributed by atoms with van der Waals surface area (Å²) in [4.78, 5) is 0. The zero-order chi connectivity index (χ0) is 14.5. The monoisotopic (exact) mass is 276 g/mol. The Bertz CT molecular complexity index is 582. The Morgan fingerprint density at radius 2 is 1.95 bits per heavy atom. The second-order valence-corrected chi connectivity index (χ2v) is 4.49. The van der Waals surface area contributed by atoms with Crippen molar-refractivity contribution in [2.24, 2.45) is 0 Å². The van der Waals surface area contributed by atoms with Gasteiger partial charge >= 0.3 is 0 Å². The summed E-state index contributed by atoms with van der Waals surface area (Å²) in [7, 11) is 1.49. The van der Waals surface area contributed by atoms with Crippen LogP contribution in [0.5, 0.6) is 11.5 Å². The van der Waals surface area contributed by atoms with Gasteiger partial charge < -0.3 is 14.6 Å². The van der Waals surface area contributed by atoms with Gasteiger partial charge in [-0.2, -0.15) is 0 Å². The summed E-state index contributed by atoms with van der Waals surface area (Å²) >= 11 is 0. The van der Waals surface area contributed by atoms with Gasteiger partial charge in [-0.1, -0.05) is 12.1 Å². The lowest BCUT2D eigenvalue weighted by molar-refractivity contribution is 0.198. The molecule has 0 aliphatic rings. The van der Waals surface area contributed by atoms with Crippen molar-refractivity contribution in [1.82, 2.24) is 0 Å². The molecule has 0 heterocycles. The van der Waals surface area contributed by atoms with Crippen LogP contribution in [0.4, 0.5) is 4.39 Å². The predicted octanol–water partition coefficient (Wildman–Crippen LogP) is 3.47. The number of rotatable bonds is 5. The van der Waals surface area contributed by atoms with Crippen molar-refractivity contribution in [2.45, 2.75) is 19.6 Å². The smallest absolute Gasteiger partial charge is 0.133 e. The van der Waals surface area contributed by atoms with E-state index in [0.717, 1.165) is 5.56 Å². The van der Waals surface area contributed by atoms with Crippen LogP contribution in [0.15, 0.2) is 42.5 Å². The van der Waals surface area contributed by atoms with Crippen LogP contribution >= 0.6 is 0 Å². The SMILES string of the molecule is COc1ccc(COc2cccc(C(C)O)c2)c(F)c1. The molecule has 2 aromatic rings. The molecule has 0 radical (unpaired) electrons. The van der Waals surface area contributed by atoms with E-state index in [9.17, 15) is 9.50 Å². The molecule has 0 bridgehead atoms. The van der Waals surface area contributed by atoms with Crippen molar-refractivity contribution >= 4 is 0 Å². The van der Waals surface area contributed by atoms with E-state index < -0.39 is 6.10 Å². The third kappa shape index (κ3) is 3.48. The number of benzene rings is 2. The maximum atomic E-state index is 13.7. The highest BCUT2D eigenvalue weighted by atomic mass is 19.1. The first-order chi connectivity index (χ1) is 9.60. The lowest BCUT2D eigenvalue weighted by Gasteiger charge is -2.10. The molecule has 20 heavy (non-hydrogen) atoms. The number of aliphatic hydroxyl groups is 1. The molecule has 0 spiro atoms. The highest BCUT2D eigenvalue weighted by molar-refractivity contribution is 5.31. The van der Waals surface area contributed by atoms with Crippen molar-refractivity contribution in [1.29, 1.82) is 0 Å². The summed E-state index contributed by atoms with van der Waals surface area (Å²) in [5.74, 6) is 0.706. The third-order valence-corrected chi connectivity index (χ3v) is 3.00. The van der Waals surface area contributed by atoms with Gasteiger partial charge in [-0.05, 0) is 36.8 Å². The molecule has 1 unspecified atom stereocenters. The Balaban J connectivity index is 2.07. The van der Waals surface area contributed by atoms with Crippen LogP contribution in [0, 0.1) is 5.82 Å². The molecule has 0 saturated carbocycles. The van der Waals surface area contributed by atoms with Gasteiger partial charge in [0, 0.05) is 11.6 Å². The minimum atomic E-state index is -0.559. The molecule has 0 amide bonds. The second kappa shape index (κ2) is 6.39. The summed E-state index contributed by atoms with van der Waals surface area (Å²) in [5.41, 5.74) is 1.21. The Hall–Kier alpha value is -2.07. The zero-order valence-electron chi connectivity index (χ0n) is 11.5. The number of hydrogen-bond donors (Lipinski definition) is 1. The normalized spacial score (nSPS) is 12.0. The fraction of sp³-hybridized carbons (Fsp3) is 0.250. The minimum absolute atomic E-state index is 0.124. The molecule has 0 fully saturated rings. The van der Waals surface area contributed by atoms with E-state index in [1.165, 1.54) is 13.2 Å². The summed E-state index contributed by atoms with van der Waals surface area (Å²) < 4.78 is 24.2. The van der Waals surface area contributed by atoms with E-state index in [4.69, 9.17) is 9.47 Å². The maximum Gasteiger partial charge on any atom is 0.133 e. The molecule has 106 valence electrons. The molecule has 4 heteroatoms. The lowest BCUT2D eigenvalue weighted by Crippen LogP contribution is -2.00. The first kappa shape index (κ1) is 14.3.